The molecular weight excluding hydrogens is 306 g/mol. The van der Waals surface area contributed by atoms with Gasteiger partial charge in [0.15, 0.2) is 6.10 Å². The van der Waals surface area contributed by atoms with Crippen LogP contribution in [-0.4, -0.2) is 58.0 Å². The van der Waals surface area contributed by atoms with Gasteiger partial charge in [-0.1, -0.05) is 0 Å². The summed E-state index contributed by atoms with van der Waals surface area (Å²) in [4.78, 5) is 29.1. The second kappa shape index (κ2) is 7.25. The molecule has 0 aromatic carbocycles. The second-order valence-electron chi connectivity index (χ2n) is 5.72. The number of aromatic nitrogens is 3. The first-order chi connectivity index (χ1) is 11.6. The molecule has 0 bridgehead atoms. The molecule has 7 nitrogen and oxygen atoms in total. The summed E-state index contributed by atoms with van der Waals surface area (Å²) in [6.45, 7) is 6.46. The minimum absolute atomic E-state index is 0.00243. The van der Waals surface area contributed by atoms with Crippen molar-refractivity contribution in [3.63, 3.8) is 0 Å². The van der Waals surface area contributed by atoms with E-state index in [2.05, 4.69) is 19.9 Å². The Morgan fingerprint density at radius 1 is 1.21 bits per heavy atom. The van der Waals surface area contributed by atoms with Gasteiger partial charge in [-0.15, -0.1) is 0 Å². The first kappa shape index (κ1) is 16.2. The van der Waals surface area contributed by atoms with Gasteiger partial charge in [0.05, 0.1) is 6.20 Å². The van der Waals surface area contributed by atoms with Crippen molar-refractivity contribution in [1.29, 1.82) is 0 Å². The Balaban J connectivity index is 1.55. The molecule has 1 fully saturated rings. The highest BCUT2D eigenvalue weighted by Crippen LogP contribution is 2.15. The van der Waals surface area contributed by atoms with Gasteiger partial charge in [0.2, 0.25) is 0 Å². The number of hydrogen-bond donors (Lipinski definition) is 0. The Kier molecular flexibility index (Phi) is 4.88. The molecule has 1 atom stereocenters. The van der Waals surface area contributed by atoms with Crippen LogP contribution in [0.2, 0.25) is 0 Å². The number of carbonyl (C=O) groups excluding carboxylic acids is 1. The summed E-state index contributed by atoms with van der Waals surface area (Å²) in [6, 6.07) is 5.49. The lowest BCUT2D eigenvalue weighted by atomic mass is 10.2. The van der Waals surface area contributed by atoms with E-state index < -0.39 is 6.10 Å². The van der Waals surface area contributed by atoms with Gasteiger partial charge in [0, 0.05) is 38.6 Å². The van der Waals surface area contributed by atoms with Crippen molar-refractivity contribution >= 4 is 11.7 Å². The van der Waals surface area contributed by atoms with Crippen LogP contribution in [0.15, 0.2) is 36.8 Å². The van der Waals surface area contributed by atoms with Crippen molar-refractivity contribution in [2.24, 2.45) is 0 Å². The monoisotopic (exact) mass is 327 g/mol. The molecule has 0 radical (unpaired) electrons. The molecule has 2 aromatic rings. The fraction of sp³-hybridized carbons (Fsp3) is 0.412. The van der Waals surface area contributed by atoms with Crippen molar-refractivity contribution < 1.29 is 9.53 Å². The van der Waals surface area contributed by atoms with Gasteiger partial charge in [-0.2, -0.15) is 0 Å². The zero-order valence-electron chi connectivity index (χ0n) is 13.9. The Morgan fingerprint density at radius 3 is 2.67 bits per heavy atom. The number of aryl methyl sites for hydroxylation is 1. The third-order valence-electron chi connectivity index (χ3n) is 3.97. The van der Waals surface area contributed by atoms with Crippen LogP contribution in [0.3, 0.4) is 0 Å². The molecule has 7 heteroatoms. The Bertz CT molecular complexity index is 686. The second-order valence-corrected chi connectivity index (χ2v) is 5.72. The Morgan fingerprint density at radius 2 is 2.00 bits per heavy atom. The lowest BCUT2D eigenvalue weighted by molar-refractivity contribution is -0.138. The predicted octanol–water partition coefficient (Wildman–Crippen LogP) is 1.30. The molecule has 1 amide bonds. The van der Waals surface area contributed by atoms with E-state index in [1.165, 1.54) is 0 Å². The van der Waals surface area contributed by atoms with Crippen molar-refractivity contribution in [3.8, 4) is 5.75 Å². The predicted molar refractivity (Wildman–Crippen MR) is 89.9 cm³/mol. The van der Waals surface area contributed by atoms with Crippen LogP contribution in [-0.2, 0) is 4.79 Å². The minimum Gasteiger partial charge on any atom is -0.479 e. The van der Waals surface area contributed by atoms with Crippen LogP contribution < -0.4 is 9.64 Å². The lowest BCUT2D eigenvalue weighted by Gasteiger charge is -2.36. The Hall–Kier alpha value is -2.70. The number of rotatable bonds is 4. The highest BCUT2D eigenvalue weighted by molar-refractivity contribution is 5.81. The van der Waals surface area contributed by atoms with Crippen LogP contribution in [0, 0.1) is 6.92 Å². The molecule has 0 N–H and O–H groups in total. The quantitative estimate of drug-likeness (QED) is 0.843. The number of hydrogen-bond acceptors (Lipinski definition) is 6. The molecule has 1 aliphatic heterocycles. The van der Waals surface area contributed by atoms with Crippen molar-refractivity contribution in [2.45, 2.75) is 20.0 Å². The fourth-order valence-corrected chi connectivity index (χ4v) is 2.70. The van der Waals surface area contributed by atoms with E-state index in [1.54, 1.807) is 37.6 Å². The van der Waals surface area contributed by atoms with E-state index in [1.807, 2.05) is 17.9 Å². The molecule has 3 rings (SSSR count). The number of anilines is 1. The molecule has 1 saturated heterocycles. The number of nitrogens with zero attached hydrogens (tertiary/aromatic N) is 5. The number of amides is 1. The molecular formula is C17H21N5O2. The van der Waals surface area contributed by atoms with E-state index in [0.29, 0.717) is 18.8 Å². The van der Waals surface area contributed by atoms with Crippen LogP contribution >= 0.6 is 0 Å². The van der Waals surface area contributed by atoms with Gasteiger partial charge in [-0.3, -0.25) is 9.78 Å². The zero-order chi connectivity index (χ0) is 16.9. The van der Waals surface area contributed by atoms with Gasteiger partial charge < -0.3 is 14.5 Å². The third kappa shape index (κ3) is 3.79. The average Bonchev–Trinajstić information content (AvgIpc) is 2.62. The fourth-order valence-electron chi connectivity index (χ4n) is 2.70. The maximum Gasteiger partial charge on any atom is 0.263 e. The van der Waals surface area contributed by atoms with Crippen LogP contribution in [0.4, 0.5) is 5.82 Å². The van der Waals surface area contributed by atoms with Crippen molar-refractivity contribution in [3.05, 3.63) is 42.6 Å². The minimum atomic E-state index is -0.526. The van der Waals surface area contributed by atoms with Gasteiger partial charge >= 0.3 is 0 Å². The molecule has 0 aliphatic carbocycles. The van der Waals surface area contributed by atoms with E-state index in [4.69, 9.17) is 4.74 Å². The smallest absolute Gasteiger partial charge is 0.263 e. The Labute approximate surface area is 141 Å². The number of pyridine rings is 1. The molecule has 2 aromatic heterocycles. The van der Waals surface area contributed by atoms with Crippen LogP contribution in [0.25, 0.3) is 0 Å². The van der Waals surface area contributed by atoms with E-state index >= 15 is 0 Å². The van der Waals surface area contributed by atoms with E-state index in [-0.39, 0.29) is 5.91 Å². The SMILES string of the molecule is Cc1nccc(N2CCN(C(=O)C(C)Oc3cccnc3)CC2)n1. The molecule has 0 spiro atoms. The third-order valence-corrected chi connectivity index (χ3v) is 3.97. The highest BCUT2D eigenvalue weighted by atomic mass is 16.5. The van der Waals surface area contributed by atoms with Crippen molar-refractivity contribution in [1.82, 2.24) is 19.9 Å². The standard InChI is InChI=1S/C17H21N5O2/c1-13(24-15-4-3-6-18-12-15)17(23)22-10-8-21(9-11-22)16-5-7-19-14(2)20-16/h3-7,12-13H,8-11H2,1-2H3. The average molecular weight is 327 g/mol. The molecule has 126 valence electrons. The maximum absolute atomic E-state index is 12.5. The van der Waals surface area contributed by atoms with Gasteiger partial charge in [-0.25, -0.2) is 9.97 Å². The summed E-state index contributed by atoms with van der Waals surface area (Å²) < 4.78 is 5.67. The first-order valence-corrected chi connectivity index (χ1v) is 8.03. The zero-order valence-corrected chi connectivity index (χ0v) is 13.9. The largest absolute Gasteiger partial charge is 0.479 e. The summed E-state index contributed by atoms with van der Waals surface area (Å²) in [5.74, 6) is 2.27. The summed E-state index contributed by atoms with van der Waals surface area (Å²) in [5.41, 5.74) is 0. The first-order valence-electron chi connectivity index (χ1n) is 8.03. The topological polar surface area (TPSA) is 71.5 Å². The molecule has 3 heterocycles. The van der Waals surface area contributed by atoms with Gasteiger partial charge in [0.1, 0.15) is 17.4 Å². The van der Waals surface area contributed by atoms with Gasteiger partial charge in [-0.05, 0) is 32.0 Å². The van der Waals surface area contributed by atoms with Gasteiger partial charge in [0.25, 0.3) is 5.91 Å². The van der Waals surface area contributed by atoms with E-state index in [9.17, 15) is 4.79 Å². The number of ether oxygens (including phenoxy) is 1. The van der Waals surface area contributed by atoms with E-state index in [0.717, 1.165) is 24.7 Å². The molecule has 1 aliphatic rings. The molecule has 24 heavy (non-hydrogen) atoms. The van der Waals surface area contributed by atoms with Crippen LogP contribution in [0.1, 0.15) is 12.7 Å². The summed E-state index contributed by atoms with van der Waals surface area (Å²) in [5, 5.41) is 0. The summed E-state index contributed by atoms with van der Waals surface area (Å²) in [7, 11) is 0. The van der Waals surface area contributed by atoms with Crippen LogP contribution in [0.5, 0.6) is 5.75 Å². The summed E-state index contributed by atoms with van der Waals surface area (Å²) in [6.07, 6.45) is 4.52. The molecule has 0 saturated carbocycles. The summed E-state index contributed by atoms with van der Waals surface area (Å²) >= 11 is 0. The number of piperazine rings is 1. The lowest BCUT2D eigenvalue weighted by Crippen LogP contribution is -2.52. The molecule has 1 unspecified atom stereocenters. The normalized spacial score (nSPS) is 15.9. The maximum atomic E-state index is 12.5. The van der Waals surface area contributed by atoms with Crippen molar-refractivity contribution in [2.75, 3.05) is 31.1 Å². The number of carbonyl (C=O) groups is 1. The highest BCUT2D eigenvalue weighted by Gasteiger charge is 2.26.